The molecule has 0 spiro atoms. The molecule has 0 aromatic heterocycles. The molecule has 3 nitrogen and oxygen atoms in total. The van der Waals surface area contributed by atoms with Crippen LogP contribution in [0, 0.1) is 16.7 Å². The summed E-state index contributed by atoms with van der Waals surface area (Å²) in [6.07, 6.45) is 3.04. The summed E-state index contributed by atoms with van der Waals surface area (Å²) in [5.41, 5.74) is -0.108. The van der Waals surface area contributed by atoms with Gasteiger partial charge in [0.05, 0.1) is 0 Å². The Morgan fingerprint density at radius 3 is 2.22 bits per heavy atom. The van der Waals surface area contributed by atoms with Crippen LogP contribution in [0.5, 0.6) is 0 Å². The summed E-state index contributed by atoms with van der Waals surface area (Å²) in [7, 11) is 0. The third-order valence-corrected chi connectivity index (χ3v) is 3.48. The first-order valence-electron chi connectivity index (χ1n) is 7.07. The Hall–Kier alpha value is -0.570. The molecule has 0 unspecified atom stereocenters. The van der Waals surface area contributed by atoms with Gasteiger partial charge in [0.25, 0.3) is 0 Å². The van der Waals surface area contributed by atoms with Gasteiger partial charge in [0.1, 0.15) is 0 Å². The zero-order valence-corrected chi connectivity index (χ0v) is 12.6. The molecule has 1 heterocycles. The summed E-state index contributed by atoms with van der Waals surface area (Å²) < 4.78 is 5.33. The minimum Gasteiger partial charge on any atom is -0.381 e. The van der Waals surface area contributed by atoms with E-state index in [4.69, 9.17) is 4.74 Å². The minimum atomic E-state index is -0.288. The maximum absolute atomic E-state index is 12.2. The van der Waals surface area contributed by atoms with Gasteiger partial charge in [-0.05, 0) is 30.6 Å². The molecule has 1 aliphatic heterocycles. The maximum Gasteiger partial charge on any atom is 0.225 e. The summed E-state index contributed by atoms with van der Waals surface area (Å²) in [5, 5.41) is 3.12. The number of carbonyl (C=O) groups excluding carboxylic acids is 1. The van der Waals surface area contributed by atoms with E-state index >= 15 is 0 Å². The summed E-state index contributed by atoms with van der Waals surface area (Å²) in [4.78, 5) is 12.2. The molecule has 0 radical (unpaired) electrons. The fourth-order valence-corrected chi connectivity index (χ4v) is 2.83. The summed E-state index contributed by atoms with van der Waals surface area (Å²) in [6, 6.07) is 0. The Labute approximate surface area is 112 Å². The number of hydrogen-bond donors (Lipinski definition) is 1. The first kappa shape index (κ1) is 15.5. The van der Waals surface area contributed by atoms with Gasteiger partial charge in [0.2, 0.25) is 5.91 Å². The molecule has 1 N–H and O–H groups in total. The van der Waals surface area contributed by atoms with Crippen molar-refractivity contribution in [3.63, 3.8) is 0 Å². The highest BCUT2D eigenvalue weighted by atomic mass is 16.5. The smallest absolute Gasteiger partial charge is 0.225 e. The minimum absolute atomic E-state index is 0.180. The normalized spacial score (nSPS) is 18.7. The first-order chi connectivity index (χ1) is 8.21. The zero-order valence-electron chi connectivity index (χ0n) is 12.6. The van der Waals surface area contributed by atoms with Gasteiger partial charge in [-0.15, -0.1) is 0 Å². The van der Waals surface area contributed by atoms with Crippen LogP contribution in [0.3, 0.4) is 0 Å². The van der Waals surface area contributed by atoms with E-state index in [1.54, 1.807) is 0 Å². The van der Waals surface area contributed by atoms with Crippen molar-refractivity contribution in [2.24, 2.45) is 16.7 Å². The van der Waals surface area contributed by atoms with Crippen molar-refractivity contribution in [2.75, 3.05) is 19.8 Å². The van der Waals surface area contributed by atoms with Crippen molar-refractivity contribution in [3.8, 4) is 0 Å². The number of hydrogen-bond acceptors (Lipinski definition) is 2. The summed E-state index contributed by atoms with van der Waals surface area (Å²) in [5.74, 6) is 0.775. The third kappa shape index (κ3) is 5.38. The SMILES string of the molecule is CC(C)(C)CC(C)(C)C(=O)NCC1CCOCC1. The van der Waals surface area contributed by atoms with E-state index in [0.29, 0.717) is 5.92 Å². The van der Waals surface area contributed by atoms with E-state index in [9.17, 15) is 4.79 Å². The molecule has 0 saturated carbocycles. The van der Waals surface area contributed by atoms with Crippen LogP contribution in [0.4, 0.5) is 0 Å². The Morgan fingerprint density at radius 2 is 1.72 bits per heavy atom. The lowest BCUT2D eigenvalue weighted by atomic mass is 9.75. The van der Waals surface area contributed by atoms with Crippen molar-refractivity contribution in [2.45, 2.75) is 53.9 Å². The molecule has 1 amide bonds. The van der Waals surface area contributed by atoms with Crippen molar-refractivity contribution in [3.05, 3.63) is 0 Å². The van der Waals surface area contributed by atoms with Gasteiger partial charge in [-0.2, -0.15) is 0 Å². The molecular formula is C15H29NO2. The summed E-state index contributed by atoms with van der Waals surface area (Å²) >= 11 is 0. The quantitative estimate of drug-likeness (QED) is 0.838. The van der Waals surface area contributed by atoms with Gasteiger partial charge in [0.15, 0.2) is 0 Å². The average Bonchev–Trinajstić information content (AvgIpc) is 2.24. The van der Waals surface area contributed by atoms with E-state index in [2.05, 4.69) is 26.1 Å². The van der Waals surface area contributed by atoms with Crippen LogP contribution in [-0.2, 0) is 9.53 Å². The second-order valence-electron chi connectivity index (χ2n) is 7.39. The van der Waals surface area contributed by atoms with Crippen LogP contribution < -0.4 is 5.32 Å². The Kier molecular flexibility index (Phi) is 5.20. The van der Waals surface area contributed by atoms with Crippen LogP contribution in [-0.4, -0.2) is 25.7 Å². The molecule has 106 valence electrons. The lowest BCUT2D eigenvalue weighted by Crippen LogP contribution is -2.42. The van der Waals surface area contributed by atoms with Crippen LogP contribution in [0.25, 0.3) is 0 Å². The van der Waals surface area contributed by atoms with E-state index in [0.717, 1.165) is 39.0 Å². The number of ether oxygens (including phenoxy) is 1. The highest BCUT2D eigenvalue weighted by molar-refractivity contribution is 5.81. The van der Waals surface area contributed by atoms with Crippen molar-refractivity contribution >= 4 is 5.91 Å². The van der Waals surface area contributed by atoms with E-state index in [-0.39, 0.29) is 16.7 Å². The summed E-state index contributed by atoms with van der Waals surface area (Å²) in [6.45, 7) is 13.1. The van der Waals surface area contributed by atoms with E-state index in [1.807, 2.05) is 13.8 Å². The van der Waals surface area contributed by atoms with Gasteiger partial charge in [-0.25, -0.2) is 0 Å². The number of rotatable bonds is 4. The monoisotopic (exact) mass is 255 g/mol. The lowest BCUT2D eigenvalue weighted by molar-refractivity contribution is -0.131. The zero-order chi connectivity index (χ0) is 13.8. The molecule has 0 aromatic carbocycles. The van der Waals surface area contributed by atoms with Crippen molar-refractivity contribution in [1.82, 2.24) is 5.32 Å². The third-order valence-electron chi connectivity index (χ3n) is 3.48. The predicted octanol–water partition coefficient (Wildman–Crippen LogP) is 2.99. The molecule has 1 rings (SSSR count). The van der Waals surface area contributed by atoms with Gasteiger partial charge >= 0.3 is 0 Å². The number of carbonyl (C=O) groups is 1. The fourth-order valence-electron chi connectivity index (χ4n) is 2.83. The lowest BCUT2D eigenvalue weighted by Gasteiger charge is -2.32. The van der Waals surface area contributed by atoms with E-state index < -0.39 is 0 Å². The molecular weight excluding hydrogens is 226 g/mol. The van der Waals surface area contributed by atoms with Gasteiger partial charge < -0.3 is 10.1 Å². The maximum atomic E-state index is 12.2. The van der Waals surface area contributed by atoms with Crippen LogP contribution in [0.1, 0.15) is 53.9 Å². The second kappa shape index (κ2) is 6.05. The van der Waals surface area contributed by atoms with Crippen molar-refractivity contribution < 1.29 is 9.53 Å². The molecule has 0 bridgehead atoms. The molecule has 18 heavy (non-hydrogen) atoms. The molecule has 0 aromatic rings. The Balaban J connectivity index is 2.38. The Bertz CT molecular complexity index is 273. The highest BCUT2D eigenvalue weighted by Crippen LogP contribution is 2.33. The van der Waals surface area contributed by atoms with Crippen molar-refractivity contribution in [1.29, 1.82) is 0 Å². The van der Waals surface area contributed by atoms with Crippen LogP contribution in [0.15, 0.2) is 0 Å². The van der Waals surface area contributed by atoms with Gasteiger partial charge in [-0.1, -0.05) is 34.6 Å². The predicted molar refractivity (Wildman–Crippen MR) is 74.4 cm³/mol. The average molecular weight is 255 g/mol. The topological polar surface area (TPSA) is 38.3 Å². The fraction of sp³-hybridized carbons (Fsp3) is 0.933. The Morgan fingerprint density at radius 1 is 1.17 bits per heavy atom. The largest absolute Gasteiger partial charge is 0.381 e. The first-order valence-corrected chi connectivity index (χ1v) is 7.07. The molecule has 1 aliphatic rings. The second-order valence-corrected chi connectivity index (χ2v) is 7.39. The standard InChI is InChI=1S/C15H29NO2/c1-14(2,3)11-15(4,5)13(17)16-10-12-6-8-18-9-7-12/h12H,6-11H2,1-5H3,(H,16,17). The molecule has 3 heteroatoms. The van der Waals surface area contributed by atoms with Crippen LogP contribution in [0.2, 0.25) is 0 Å². The van der Waals surface area contributed by atoms with Gasteiger partial charge in [-0.3, -0.25) is 4.79 Å². The highest BCUT2D eigenvalue weighted by Gasteiger charge is 2.32. The van der Waals surface area contributed by atoms with Crippen LogP contribution >= 0.6 is 0 Å². The molecule has 0 aliphatic carbocycles. The molecule has 0 atom stereocenters. The number of nitrogens with one attached hydrogen (secondary N) is 1. The molecule has 1 fully saturated rings. The molecule has 1 saturated heterocycles. The number of amides is 1. The van der Waals surface area contributed by atoms with Gasteiger partial charge in [0, 0.05) is 25.2 Å². The van der Waals surface area contributed by atoms with E-state index in [1.165, 1.54) is 0 Å².